The van der Waals surface area contributed by atoms with E-state index in [-0.39, 0.29) is 23.8 Å². The molecule has 1 fully saturated rings. The van der Waals surface area contributed by atoms with Crippen LogP contribution in [0.4, 0.5) is 5.69 Å². The summed E-state index contributed by atoms with van der Waals surface area (Å²) in [5.74, 6) is -1.33. The van der Waals surface area contributed by atoms with Crippen molar-refractivity contribution in [2.75, 3.05) is 17.7 Å². The van der Waals surface area contributed by atoms with Crippen molar-refractivity contribution in [3.63, 3.8) is 0 Å². The molecule has 0 radical (unpaired) electrons. The van der Waals surface area contributed by atoms with Crippen LogP contribution in [0.3, 0.4) is 0 Å². The Morgan fingerprint density at radius 3 is 2.41 bits per heavy atom. The average molecular weight is 406 g/mol. The molecule has 1 aliphatic rings. The zero-order valence-electron chi connectivity index (χ0n) is 14.6. The second-order valence-electron chi connectivity index (χ2n) is 6.01. The number of carbonyl (C=O) groups excluding carboxylic acids is 2. The average Bonchev–Trinajstić information content (AvgIpc) is 3.08. The molecule has 0 spiro atoms. The number of nitrogens with zero attached hydrogens (tertiary/aromatic N) is 1. The Morgan fingerprint density at radius 2 is 1.78 bits per heavy atom. The first-order valence-corrected chi connectivity index (χ1v) is 10.9. The molecule has 0 aliphatic carbocycles. The fourth-order valence-electron chi connectivity index (χ4n) is 2.77. The molecule has 2 aromatic carbocycles. The summed E-state index contributed by atoms with van der Waals surface area (Å²) in [4.78, 5) is 29.3. The molecule has 3 rings (SSSR count). The van der Waals surface area contributed by atoms with Crippen LogP contribution in [0.15, 0.2) is 64.4 Å². The Kier molecular flexibility index (Phi) is 5.83. The summed E-state index contributed by atoms with van der Waals surface area (Å²) in [6, 6.07) is 15.2. The first-order chi connectivity index (χ1) is 12.9. The number of sulfonamides is 1. The van der Waals surface area contributed by atoms with Gasteiger partial charge < -0.3 is 4.90 Å². The van der Waals surface area contributed by atoms with Crippen LogP contribution in [0.25, 0.3) is 0 Å². The van der Waals surface area contributed by atoms with E-state index in [0.29, 0.717) is 0 Å². The summed E-state index contributed by atoms with van der Waals surface area (Å²) >= 11 is 1.60. The number of carbonyl (C=O) groups is 2. The smallest absolute Gasteiger partial charge is 0.257 e. The van der Waals surface area contributed by atoms with Crippen molar-refractivity contribution < 1.29 is 18.0 Å². The molecule has 0 saturated carbocycles. The SMILES string of the molecule is CSc1ccc(N2C[C@H](C(=O)NNS(=O)(=O)c3ccccc3)CC2=O)cc1. The number of amides is 2. The van der Waals surface area contributed by atoms with Gasteiger partial charge in [0.15, 0.2) is 0 Å². The Balaban J connectivity index is 1.62. The predicted octanol–water partition coefficient (Wildman–Crippen LogP) is 1.77. The highest BCUT2D eigenvalue weighted by atomic mass is 32.2. The normalized spacial score (nSPS) is 17.1. The van der Waals surface area contributed by atoms with Crippen molar-refractivity contribution in [3.8, 4) is 0 Å². The van der Waals surface area contributed by atoms with Gasteiger partial charge in [-0.05, 0) is 42.7 Å². The minimum atomic E-state index is -3.85. The van der Waals surface area contributed by atoms with Gasteiger partial charge in [0.25, 0.3) is 10.0 Å². The van der Waals surface area contributed by atoms with Crippen molar-refractivity contribution in [1.82, 2.24) is 10.3 Å². The topological polar surface area (TPSA) is 95.6 Å². The summed E-state index contributed by atoms with van der Waals surface area (Å²) in [7, 11) is -3.85. The number of hydrogen-bond donors (Lipinski definition) is 2. The van der Waals surface area contributed by atoms with Crippen molar-refractivity contribution in [2.24, 2.45) is 5.92 Å². The van der Waals surface area contributed by atoms with Gasteiger partial charge in [-0.3, -0.25) is 15.0 Å². The van der Waals surface area contributed by atoms with Crippen LogP contribution in [-0.2, 0) is 19.6 Å². The molecule has 27 heavy (non-hydrogen) atoms. The summed E-state index contributed by atoms with van der Waals surface area (Å²) in [5, 5.41) is 0. The number of nitrogens with one attached hydrogen (secondary N) is 2. The molecular weight excluding hydrogens is 386 g/mol. The highest BCUT2D eigenvalue weighted by Gasteiger charge is 2.35. The van der Waals surface area contributed by atoms with Crippen LogP contribution in [0.1, 0.15) is 6.42 Å². The third-order valence-corrected chi connectivity index (χ3v) is 6.25. The van der Waals surface area contributed by atoms with Crippen molar-refractivity contribution >= 4 is 39.3 Å². The molecule has 142 valence electrons. The molecule has 1 heterocycles. The predicted molar refractivity (Wildman–Crippen MR) is 104 cm³/mol. The van der Waals surface area contributed by atoms with Crippen LogP contribution >= 0.6 is 11.8 Å². The van der Waals surface area contributed by atoms with E-state index in [4.69, 9.17) is 0 Å². The molecule has 1 atom stereocenters. The number of hydrazine groups is 1. The lowest BCUT2D eigenvalue weighted by molar-refractivity contribution is -0.126. The maximum Gasteiger partial charge on any atom is 0.257 e. The largest absolute Gasteiger partial charge is 0.312 e. The van der Waals surface area contributed by atoms with Crippen molar-refractivity contribution in [1.29, 1.82) is 0 Å². The molecule has 1 aliphatic heterocycles. The van der Waals surface area contributed by atoms with E-state index in [1.807, 2.05) is 30.5 Å². The molecular formula is C18H19N3O4S2. The van der Waals surface area contributed by atoms with Gasteiger partial charge in [0.2, 0.25) is 11.8 Å². The van der Waals surface area contributed by atoms with Gasteiger partial charge in [-0.25, -0.2) is 8.42 Å². The van der Waals surface area contributed by atoms with Crippen LogP contribution in [-0.4, -0.2) is 33.0 Å². The maximum atomic E-state index is 12.3. The number of benzene rings is 2. The third kappa shape index (κ3) is 4.49. The molecule has 0 unspecified atom stereocenters. The lowest BCUT2D eigenvalue weighted by Gasteiger charge is -2.17. The maximum absolute atomic E-state index is 12.3. The second kappa shape index (κ2) is 8.12. The Labute approximate surface area is 162 Å². The van der Waals surface area contributed by atoms with Crippen molar-refractivity contribution in [3.05, 3.63) is 54.6 Å². The highest BCUT2D eigenvalue weighted by Crippen LogP contribution is 2.27. The van der Waals surface area contributed by atoms with Crippen molar-refractivity contribution in [2.45, 2.75) is 16.2 Å². The Bertz CT molecular complexity index is 931. The lowest BCUT2D eigenvalue weighted by Crippen LogP contribution is -2.45. The standard InChI is InChI=1S/C18H19N3O4S2/c1-26-15-9-7-14(8-10-15)21-12-13(11-17(21)22)18(23)19-20-27(24,25)16-5-3-2-4-6-16/h2-10,13,20H,11-12H2,1H3,(H,19,23)/t13-/m1/s1. The Morgan fingerprint density at radius 1 is 1.11 bits per heavy atom. The van der Waals surface area contributed by atoms with Gasteiger partial charge >= 0.3 is 0 Å². The molecule has 2 amide bonds. The third-order valence-electron chi connectivity index (χ3n) is 4.24. The summed E-state index contributed by atoms with van der Waals surface area (Å²) in [5.41, 5.74) is 2.94. The van der Waals surface area contributed by atoms with E-state index >= 15 is 0 Å². The summed E-state index contributed by atoms with van der Waals surface area (Å²) in [6.45, 7) is 0.205. The van der Waals surface area contributed by atoms with E-state index < -0.39 is 21.8 Å². The van der Waals surface area contributed by atoms with Crippen LogP contribution in [0.5, 0.6) is 0 Å². The zero-order chi connectivity index (χ0) is 19.4. The van der Waals surface area contributed by atoms with Gasteiger partial charge in [0.1, 0.15) is 0 Å². The van der Waals surface area contributed by atoms with E-state index in [1.54, 1.807) is 34.9 Å². The number of anilines is 1. The molecule has 9 heteroatoms. The van der Waals surface area contributed by atoms with Crippen LogP contribution in [0, 0.1) is 5.92 Å². The van der Waals surface area contributed by atoms with E-state index in [2.05, 4.69) is 10.3 Å². The van der Waals surface area contributed by atoms with Gasteiger partial charge in [-0.1, -0.05) is 18.2 Å². The summed E-state index contributed by atoms with van der Waals surface area (Å²) < 4.78 is 24.3. The van der Waals surface area contributed by atoms with E-state index in [0.717, 1.165) is 10.6 Å². The molecule has 7 nitrogen and oxygen atoms in total. The quantitative estimate of drug-likeness (QED) is 0.564. The number of thioether (sulfide) groups is 1. The Hall–Kier alpha value is -2.36. The number of rotatable bonds is 6. The molecule has 0 aromatic heterocycles. The minimum absolute atomic E-state index is 0.0309. The fourth-order valence-corrected chi connectivity index (χ4v) is 4.05. The van der Waals surface area contributed by atoms with Crippen LogP contribution in [0.2, 0.25) is 0 Å². The van der Waals surface area contributed by atoms with Gasteiger partial charge in [-0.15, -0.1) is 16.6 Å². The zero-order valence-corrected chi connectivity index (χ0v) is 16.2. The van der Waals surface area contributed by atoms with Gasteiger partial charge in [0.05, 0.1) is 10.8 Å². The second-order valence-corrected chi connectivity index (χ2v) is 8.57. The molecule has 2 aromatic rings. The van der Waals surface area contributed by atoms with E-state index in [1.165, 1.54) is 12.1 Å². The van der Waals surface area contributed by atoms with Crippen LogP contribution < -0.4 is 15.2 Å². The molecule has 0 bridgehead atoms. The molecule has 1 saturated heterocycles. The number of hydrogen-bond acceptors (Lipinski definition) is 5. The fraction of sp³-hybridized carbons (Fsp3) is 0.222. The van der Waals surface area contributed by atoms with Gasteiger partial charge in [0, 0.05) is 23.5 Å². The highest BCUT2D eigenvalue weighted by molar-refractivity contribution is 7.98. The first kappa shape index (κ1) is 19.4. The van der Waals surface area contributed by atoms with E-state index in [9.17, 15) is 18.0 Å². The lowest BCUT2D eigenvalue weighted by atomic mass is 10.1. The minimum Gasteiger partial charge on any atom is -0.312 e. The molecule has 2 N–H and O–H groups in total. The first-order valence-electron chi connectivity index (χ1n) is 8.22. The summed E-state index contributed by atoms with van der Waals surface area (Å²) in [6.07, 6.45) is 2.00. The van der Waals surface area contributed by atoms with Gasteiger partial charge in [-0.2, -0.15) is 0 Å². The monoisotopic (exact) mass is 405 g/mol.